The van der Waals surface area contributed by atoms with Crippen LogP contribution >= 0.6 is 35.3 Å². The van der Waals surface area contributed by atoms with E-state index in [0.29, 0.717) is 22.6 Å². The van der Waals surface area contributed by atoms with Gasteiger partial charge in [-0.3, -0.25) is 0 Å². The Kier molecular flexibility index (Phi) is 8.58. The van der Waals surface area contributed by atoms with Crippen molar-refractivity contribution in [2.24, 2.45) is 0 Å². The van der Waals surface area contributed by atoms with E-state index in [1.807, 2.05) is 12.1 Å². The molecule has 0 saturated heterocycles. The van der Waals surface area contributed by atoms with Gasteiger partial charge in [0.05, 0.1) is 11.1 Å². The summed E-state index contributed by atoms with van der Waals surface area (Å²) in [5.74, 6) is -0.383. The highest BCUT2D eigenvalue weighted by atomic mass is 32.2. The molecular formula is C28H22O4S3. The van der Waals surface area contributed by atoms with Crippen molar-refractivity contribution >= 4 is 47.2 Å². The van der Waals surface area contributed by atoms with Crippen LogP contribution in [0.5, 0.6) is 0 Å². The predicted octanol–water partition coefficient (Wildman–Crippen LogP) is 7.82. The number of hydrogen-bond acceptors (Lipinski definition) is 5. The number of carboxylic acids is 2. The average Bonchev–Trinajstić information content (AvgIpc) is 2.88. The molecule has 0 aromatic heterocycles. The van der Waals surface area contributed by atoms with Gasteiger partial charge in [0.25, 0.3) is 0 Å². The van der Waals surface area contributed by atoms with E-state index in [-0.39, 0.29) is 0 Å². The molecule has 0 radical (unpaired) electrons. The fourth-order valence-electron chi connectivity index (χ4n) is 3.27. The highest BCUT2D eigenvalue weighted by Gasteiger charge is 2.06. The van der Waals surface area contributed by atoms with Gasteiger partial charge in [0, 0.05) is 31.1 Å². The summed E-state index contributed by atoms with van der Waals surface area (Å²) in [6, 6.07) is 30.8. The molecule has 4 aromatic carbocycles. The van der Waals surface area contributed by atoms with Crippen molar-refractivity contribution in [2.75, 3.05) is 0 Å². The normalized spacial score (nSPS) is 10.7. The van der Waals surface area contributed by atoms with Crippen LogP contribution in [0, 0.1) is 0 Å². The first kappa shape index (κ1) is 25.0. The van der Waals surface area contributed by atoms with Crippen molar-refractivity contribution in [3.8, 4) is 0 Å². The Morgan fingerprint density at radius 3 is 1.29 bits per heavy atom. The van der Waals surface area contributed by atoms with E-state index >= 15 is 0 Å². The van der Waals surface area contributed by atoms with E-state index in [1.165, 1.54) is 0 Å². The minimum absolute atomic E-state index is 0.312. The van der Waals surface area contributed by atoms with Crippen molar-refractivity contribution in [2.45, 2.75) is 31.1 Å². The van der Waals surface area contributed by atoms with Crippen molar-refractivity contribution < 1.29 is 19.8 Å². The zero-order valence-electron chi connectivity index (χ0n) is 18.6. The number of aromatic carboxylic acids is 2. The molecule has 0 atom stereocenters. The molecule has 4 rings (SSSR count). The Labute approximate surface area is 216 Å². The molecule has 0 heterocycles. The van der Waals surface area contributed by atoms with Gasteiger partial charge < -0.3 is 10.2 Å². The number of benzene rings is 4. The monoisotopic (exact) mass is 518 g/mol. The zero-order chi connectivity index (χ0) is 24.6. The van der Waals surface area contributed by atoms with Crippen LogP contribution in [-0.4, -0.2) is 22.2 Å². The molecule has 4 aromatic rings. The second kappa shape index (κ2) is 12.0. The summed E-state index contributed by atoms with van der Waals surface area (Å²) in [6.07, 6.45) is 0. The molecule has 0 bridgehead atoms. The maximum Gasteiger partial charge on any atom is 0.335 e. The molecule has 176 valence electrons. The molecule has 4 nitrogen and oxygen atoms in total. The molecule has 0 saturated carbocycles. The van der Waals surface area contributed by atoms with Gasteiger partial charge in [0.1, 0.15) is 0 Å². The van der Waals surface area contributed by atoms with Crippen LogP contribution in [0.1, 0.15) is 31.8 Å². The number of carbonyl (C=O) groups is 2. The van der Waals surface area contributed by atoms with Crippen LogP contribution in [0.4, 0.5) is 0 Å². The van der Waals surface area contributed by atoms with E-state index < -0.39 is 11.9 Å². The van der Waals surface area contributed by atoms with E-state index in [2.05, 4.69) is 48.5 Å². The van der Waals surface area contributed by atoms with Gasteiger partial charge in [-0.05, 0) is 83.9 Å². The maximum atomic E-state index is 11.1. The van der Waals surface area contributed by atoms with E-state index in [9.17, 15) is 9.59 Å². The largest absolute Gasteiger partial charge is 0.478 e. The van der Waals surface area contributed by atoms with Crippen LogP contribution in [-0.2, 0) is 11.5 Å². The standard InChI is InChI=1S/C28H22O4S3/c29-27(30)21-5-1-3-19(15-21)17-33-23-7-11-25(12-8-23)35-26-13-9-24(10-14-26)34-18-20-4-2-6-22(16-20)28(31)32/h1-16H,17-18H2,(H,29,30)(H,31,32). The number of hydrogen-bond donors (Lipinski definition) is 2. The molecule has 0 aliphatic heterocycles. The van der Waals surface area contributed by atoms with Gasteiger partial charge >= 0.3 is 11.9 Å². The van der Waals surface area contributed by atoms with Crippen molar-refractivity contribution in [3.05, 3.63) is 119 Å². The Balaban J connectivity index is 1.28. The molecule has 2 N–H and O–H groups in total. The minimum Gasteiger partial charge on any atom is -0.478 e. The summed E-state index contributed by atoms with van der Waals surface area (Å²) >= 11 is 5.05. The van der Waals surface area contributed by atoms with E-state index in [4.69, 9.17) is 10.2 Å². The van der Waals surface area contributed by atoms with Crippen LogP contribution in [0.25, 0.3) is 0 Å². The first-order valence-corrected chi connectivity index (χ1v) is 13.5. The fourth-order valence-corrected chi connectivity index (χ4v) is 5.76. The van der Waals surface area contributed by atoms with Crippen LogP contribution in [0.3, 0.4) is 0 Å². The summed E-state index contributed by atoms with van der Waals surface area (Å²) < 4.78 is 0. The van der Waals surface area contributed by atoms with Crippen LogP contribution < -0.4 is 0 Å². The lowest BCUT2D eigenvalue weighted by molar-refractivity contribution is 0.0686. The quantitative estimate of drug-likeness (QED) is 0.207. The molecule has 0 spiro atoms. The Morgan fingerprint density at radius 2 is 0.914 bits per heavy atom. The SMILES string of the molecule is O=C(O)c1cccc(CSc2ccc(Sc3ccc(SCc4cccc(C(=O)O)c4)cc3)cc2)c1. The molecule has 0 aliphatic carbocycles. The topological polar surface area (TPSA) is 74.6 Å². The Morgan fingerprint density at radius 1 is 0.543 bits per heavy atom. The molecule has 0 amide bonds. The molecule has 7 heteroatoms. The van der Waals surface area contributed by atoms with Crippen LogP contribution in [0.2, 0.25) is 0 Å². The number of carboxylic acid groups (broad SMARTS) is 2. The molecule has 0 unspecified atom stereocenters. The highest BCUT2D eigenvalue weighted by molar-refractivity contribution is 7.99. The lowest BCUT2D eigenvalue weighted by Gasteiger charge is -2.07. The first-order chi connectivity index (χ1) is 17.0. The zero-order valence-corrected chi connectivity index (χ0v) is 21.0. The van der Waals surface area contributed by atoms with Crippen molar-refractivity contribution in [3.63, 3.8) is 0 Å². The lowest BCUT2D eigenvalue weighted by Crippen LogP contribution is -1.96. The number of thioether (sulfide) groups is 2. The van der Waals surface area contributed by atoms with E-state index in [0.717, 1.165) is 30.7 Å². The maximum absolute atomic E-state index is 11.1. The summed E-state index contributed by atoms with van der Waals surface area (Å²) in [4.78, 5) is 26.8. The third-order valence-corrected chi connectivity index (χ3v) is 8.22. The minimum atomic E-state index is -0.907. The Bertz CT molecular complexity index is 1220. The van der Waals surface area contributed by atoms with Crippen molar-refractivity contribution in [1.82, 2.24) is 0 Å². The highest BCUT2D eigenvalue weighted by Crippen LogP contribution is 2.32. The molecular weight excluding hydrogens is 497 g/mol. The smallest absolute Gasteiger partial charge is 0.335 e. The van der Waals surface area contributed by atoms with Gasteiger partial charge in [0.15, 0.2) is 0 Å². The molecule has 0 fully saturated rings. The molecule has 0 aliphatic rings. The van der Waals surface area contributed by atoms with Crippen LogP contribution in [0.15, 0.2) is 117 Å². The Hall–Kier alpha value is -3.13. The summed E-state index contributed by atoms with van der Waals surface area (Å²) in [5.41, 5.74) is 2.60. The number of rotatable bonds is 10. The first-order valence-electron chi connectivity index (χ1n) is 10.7. The lowest BCUT2D eigenvalue weighted by atomic mass is 10.1. The van der Waals surface area contributed by atoms with Gasteiger partial charge in [-0.1, -0.05) is 36.0 Å². The fraction of sp³-hybridized carbons (Fsp3) is 0.0714. The second-order valence-electron chi connectivity index (χ2n) is 7.63. The third kappa shape index (κ3) is 7.42. The summed E-state index contributed by atoms with van der Waals surface area (Å²) in [6.45, 7) is 0. The summed E-state index contributed by atoms with van der Waals surface area (Å²) in [7, 11) is 0. The van der Waals surface area contributed by atoms with Gasteiger partial charge in [-0.15, -0.1) is 23.5 Å². The summed E-state index contributed by atoms with van der Waals surface area (Å²) in [5, 5.41) is 18.3. The van der Waals surface area contributed by atoms with E-state index in [1.54, 1.807) is 71.7 Å². The third-order valence-electron chi connectivity index (χ3n) is 5.04. The van der Waals surface area contributed by atoms with Gasteiger partial charge in [-0.25, -0.2) is 9.59 Å². The second-order valence-corrected chi connectivity index (χ2v) is 10.9. The molecule has 35 heavy (non-hydrogen) atoms. The van der Waals surface area contributed by atoms with Gasteiger partial charge in [-0.2, -0.15) is 0 Å². The average molecular weight is 519 g/mol. The van der Waals surface area contributed by atoms with Gasteiger partial charge in [0.2, 0.25) is 0 Å². The van der Waals surface area contributed by atoms with Crippen molar-refractivity contribution in [1.29, 1.82) is 0 Å². The predicted molar refractivity (Wildman–Crippen MR) is 143 cm³/mol.